The van der Waals surface area contributed by atoms with Crippen LogP contribution in [0.4, 0.5) is 0 Å². The van der Waals surface area contributed by atoms with Crippen LogP contribution in [0.3, 0.4) is 0 Å². The predicted molar refractivity (Wildman–Crippen MR) is 278 cm³/mol. The number of benzene rings is 4. The Labute approximate surface area is 424 Å². The highest BCUT2D eigenvalue weighted by atomic mass is 35.5. The molecular formula is C52H48Cl4N10O4. The molecule has 0 saturated carbocycles. The van der Waals surface area contributed by atoms with Gasteiger partial charge in [-0.2, -0.15) is 0 Å². The molecule has 0 aliphatic rings. The maximum Gasteiger partial charge on any atom is 0.129 e. The van der Waals surface area contributed by atoms with Crippen LogP contribution in [0.15, 0.2) is 180 Å². The van der Waals surface area contributed by atoms with Gasteiger partial charge in [0, 0.05) is 70.6 Å². The molecule has 0 aliphatic carbocycles. The second kappa shape index (κ2) is 25.6. The summed E-state index contributed by atoms with van der Waals surface area (Å²) in [6.45, 7) is 0. The molecule has 0 fully saturated rings. The summed E-state index contributed by atoms with van der Waals surface area (Å²) < 4.78 is 0. The third-order valence-electron chi connectivity index (χ3n) is 10.7. The summed E-state index contributed by atoms with van der Waals surface area (Å²) in [4.78, 5) is 25.7. The number of hydrogen-bond acceptors (Lipinski definition) is 14. The number of aromatic nitrogens is 4. The van der Waals surface area contributed by atoms with E-state index in [1.807, 2.05) is 24.3 Å². The van der Waals surface area contributed by atoms with E-state index in [0.29, 0.717) is 42.9 Å². The van der Waals surface area contributed by atoms with Crippen LogP contribution in [0.2, 0.25) is 20.6 Å². The lowest BCUT2D eigenvalue weighted by Gasteiger charge is -2.23. The van der Waals surface area contributed by atoms with Gasteiger partial charge in [-0.3, -0.25) is 9.98 Å². The quantitative estimate of drug-likeness (QED) is 0.0396. The van der Waals surface area contributed by atoms with Gasteiger partial charge in [-0.25, -0.2) is 19.9 Å². The summed E-state index contributed by atoms with van der Waals surface area (Å²) in [5.74, 6) is 0.358. The van der Waals surface area contributed by atoms with Crippen LogP contribution in [0, 0.1) is 0 Å². The molecule has 6 unspecified atom stereocenters. The molecule has 0 aliphatic heterocycles. The molecule has 14 nitrogen and oxygen atoms in total. The maximum atomic E-state index is 10.7. The van der Waals surface area contributed by atoms with Crippen molar-refractivity contribution in [3.05, 3.63) is 236 Å². The van der Waals surface area contributed by atoms with Gasteiger partial charge in [-0.15, -0.1) is 0 Å². The Morgan fingerprint density at radius 2 is 0.643 bits per heavy atom. The molecule has 0 amide bonds. The fourth-order valence-corrected chi connectivity index (χ4v) is 7.36. The van der Waals surface area contributed by atoms with Crippen molar-refractivity contribution in [1.29, 1.82) is 0 Å². The third-order valence-corrected chi connectivity index (χ3v) is 11.6. The van der Waals surface area contributed by atoms with Crippen LogP contribution in [0.25, 0.3) is 0 Å². The van der Waals surface area contributed by atoms with E-state index in [1.165, 1.54) is 0 Å². The van der Waals surface area contributed by atoms with E-state index in [0.717, 1.165) is 22.3 Å². The van der Waals surface area contributed by atoms with E-state index in [-0.39, 0.29) is 35.1 Å². The highest BCUT2D eigenvalue weighted by molar-refractivity contribution is 6.30. The average Bonchev–Trinajstić information content (AvgIpc) is 3.37. The van der Waals surface area contributed by atoms with Gasteiger partial charge in [0.05, 0.1) is 24.2 Å². The molecule has 8 rings (SSSR count). The fourth-order valence-electron chi connectivity index (χ4n) is 6.91. The molecule has 6 atom stereocenters. The molecule has 4 aromatic carbocycles. The lowest BCUT2D eigenvalue weighted by Crippen LogP contribution is -2.26. The van der Waals surface area contributed by atoms with Gasteiger partial charge in [-0.1, -0.05) is 131 Å². The molecule has 0 saturated heterocycles. The van der Waals surface area contributed by atoms with E-state index in [4.69, 9.17) is 79.3 Å². The highest BCUT2D eigenvalue weighted by Gasteiger charge is 2.28. The van der Waals surface area contributed by atoms with Crippen molar-refractivity contribution in [1.82, 2.24) is 19.9 Å². The smallest absolute Gasteiger partial charge is 0.129 e. The van der Waals surface area contributed by atoms with Crippen LogP contribution in [-0.4, -0.2) is 52.8 Å². The Hall–Kier alpha value is -6.98. The molecule has 18 heteroatoms. The van der Waals surface area contributed by atoms with Crippen molar-refractivity contribution < 1.29 is 20.4 Å². The minimum Gasteiger partial charge on any atom is -0.508 e. The fraction of sp³-hybridized carbons (Fsp3) is 0.115. The van der Waals surface area contributed by atoms with Crippen molar-refractivity contribution >= 4 is 58.8 Å². The van der Waals surface area contributed by atoms with Crippen molar-refractivity contribution in [2.75, 3.05) is 0 Å². The molecule has 0 radical (unpaired) electrons. The number of pyridine rings is 4. The summed E-state index contributed by atoms with van der Waals surface area (Å²) in [5.41, 5.74) is 29.6. The Bertz CT molecular complexity index is 2770. The van der Waals surface area contributed by atoms with E-state index in [1.54, 1.807) is 159 Å². The number of phenolic OH excluding ortho intramolecular Hbond substituents is 4. The lowest BCUT2D eigenvalue weighted by molar-refractivity contribution is 0.436. The standard InChI is InChI=1S/C26H20Cl2N4O2.C14H16N2O2.C12H12Cl2N4/c27-23-11-9-17(13-29-23)15-31-25(19-5-1-3-7-21(19)33)26(20-6-2-4-8-22(20)34)32-16-18-10-12-24(28)30-14-18;15-13(9-5-1-3-7-11(9)17)14(16)10-6-2-4-8-12(10)18;13-9-3-1-7(5-17-9)11(15)12(16)8-2-4-10(14)18-6-8/h1-16,25-26,33-34H;1-8,13-14,17-18H,15-16H2;1-6,11-12H,15-16H2. The third kappa shape index (κ3) is 14.5. The normalized spacial score (nSPS) is 13.8. The largest absolute Gasteiger partial charge is 0.508 e. The van der Waals surface area contributed by atoms with Crippen molar-refractivity contribution in [3.8, 4) is 23.0 Å². The number of aromatic hydroxyl groups is 4. The monoisotopic (exact) mass is 1020 g/mol. The van der Waals surface area contributed by atoms with Crippen LogP contribution in [-0.2, 0) is 0 Å². The summed E-state index contributed by atoms with van der Waals surface area (Å²) in [7, 11) is 0. The Balaban J connectivity index is 0.000000188. The summed E-state index contributed by atoms with van der Waals surface area (Å²) in [6.07, 6.45) is 9.74. The number of phenols is 4. The Morgan fingerprint density at radius 3 is 0.914 bits per heavy atom. The van der Waals surface area contributed by atoms with Gasteiger partial charge in [-0.05, 0) is 71.8 Å². The van der Waals surface area contributed by atoms with Crippen LogP contribution in [0.1, 0.15) is 80.8 Å². The SMILES string of the molecule is NC(c1ccc(Cl)nc1)C(N)c1ccc(Cl)nc1.NC(c1ccccc1O)C(N)c1ccccc1O.Oc1ccccc1C(N=Cc1ccc(Cl)nc1)C(N=Cc1ccc(Cl)nc1)c1ccccc1O. The minimum atomic E-state index is -0.665. The predicted octanol–water partition coefficient (Wildman–Crippen LogP) is 10.5. The first-order valence-electron chi connectivity index (χ1n) is 21.4. The molecule has 8 aromatic rings. The van der Waals surface area contributed by atoms with Gasteiger partial charge in [0.25, 0.3) is 0 Å². The molecule has 358 valence electrons. The van der Waals surface area contributed by atoms with E-state index < -0.39 is 24.2 Å². The zero-order chi connectivity index (χ0) is 50.2. The van der Waals surface area contributed by atoms with Crippen LogP contribution in [0.5, 0.6) is 23.0 Å². The van der Waals surface area contributed by atoms with Crippen LogP contribution >= 0.6 is 46.4 Å². The summed E-state index contributed by atoms with van der Waals surface area (Å²) in [6, 6.07) is 38.1. The number of aliphatic imine (C=N–C) groups is 2. The number of nitrogens with two attached hydrogens (primary N) is 4. The van der Waals surface area contributed by atoms with Gasteiger partial charge in [0.1, 0.15) is 55.7 Å². The first-order valence-corrected chi connectivity index (χ1v) is 22.9. The van der Waals surface area contributed by atoms with E-state index >= 15 is 0 Å². The van der Waals surface area contributed by atoms with Gasteiger partial charge >= 0.3 is 0 Å². The average molecular weight is 1020 g/mol. The lowest BCUT2D eigenvalue weighted by atomic mass is 9.92. The Kier molecular flexibility index (Phi) is 19.1. The summed E-state index contributed by atoms with van der Waals surface area (Å²) in [5, 5.41) is 42.4. The molecule has 12 N–H and O–H groups in total. The first-order chi connectivity index (χ1) is 33.7. The first kappa shape index (κ1) is 52.4. The minimum absolute atomic E-state index is 0.0719. The zero-order valence-corrected chi connectivity index (χ0v) is 40.1. The van der Waals surface area contributed by atoms with E-state index in [9.17, 15) is 20.4 Å². The molecular weight excluding hydrogens is 970 g/mol. The van der Waals surface area contributed by atoms with E-state index in [2.05, 4.69) is 19.9 Å². The number of halogens is 4. The zero-order valence-electron chi connectivity index (χ0n) is 37.1. The topological polar surface area (TPSA) is 261 Å². The molecule has 4 heterocycles. The number of nitrogens with zero attached hydrogens (tertiary/aromatic N) is 6. The maximum absolute atomic E-state index is 10.7. The van der Waals surface area contributed by atoms with Crippen LogP contribution < -0.4 is 22.9 Å². The van der Waals surface area contributed by atoms with Gasteiger partial charge in [0.2, 0.25) is 0 Å². The van der Waals surface area contributed by atoms with Gasteiger partial charge < -0.3 is 43.4 Å². The second-order valence-corrected chi connectivity index (χ2v) is 17.0. The molecule has 70 heavy (non-hydrogen) atoms. The Morgan fingerprint density at radius 1 is 0.357 bits per heavy atom. The van der Waals surface area contributed by atoms with Crippen molar-refractivity contribution in [2.45, 2.75) is 36.3 Å². The van der Waals surface area contributed by atoms with Gasteiger partial charge in [0.15, 0.2) is 0 Å². The molecule has 0 bridgehead atoms. The molecule has 0 spiro atoms. The van der Waals surface area contributed by atoms with Crippen molar-refractivity contribution in [2.24, 2.45) is 32.9 Å². The van der Waals surface area contributed by atoms with Crippen molar-refractivity contribution in [3.63, 3.8) is 0 Å². The number of hydrogen-bond donors (Lipinski definition) is 8. The number of rotatable bonds is 13. The molecule has 4 aromatic heterocycles. The number of para-hydroxylation sites is 4. The summed E-state index contributed by atoms with van der Waals surface area (Å²) >= 11 is 23.2. The second-order valence-electron chi connectivity index (χ2n) is 15.4. The highest BCUT2D eigenvalue weighted by Crippen LogP contribution is 2.42.